The third-order valence-electron chi connectivity index (χ3n) is 3.50. The van der Waals surface area contributed by atoms with Crippen molar-refractivity contribution in [2.45, 2.75) is 25.3 Å². The van der Waals surface area contributed by atoms with E-state index >= 15 is 0 Å². The molecule has 0 aliphatic rings. The Morgan fingerprint density at radius 2 is 1.90 bits per heavy atom. The smallest absolute Gasteiger partial charge is 0.126 e. The maximum absolute atomic E-state index is 13.6. The molecular weight excluding hydrogens is 273 g/mol. The van der Waals surface area contributed by atoms with Crippen molar-refractivity contribution in [3.05, 3.63) is 70.5 Å². The Hall–Kier alpha value is -1.38. The van der Waals surface area contributed by atoms with E-state index in [0.717, 1.165) is 12.8 Å². The maximum atomic E-state index is 13.6. The molecule has 1 N–H and O–H groups in total. The fraction of sp³-hybridized carbons (Fsp3) is 0.294. The summed E-state index contributed by atoms with van der Waals surface area (Å²) >= 11 is 5.90. The largest absolute Gasteiger partial charge is 0.313 e. The zero-order valence-corrected chi connectivity index (χ0v) is 12.3. The Morgan fingerprint density at radius 1 is 1.15 bits per heavy atom. The summed E-state index contributed by atoms with van der Waals surface area (Å²) in [5.41, 5.74) is 1.96. The number of hydrogen-bond donors (Lipinski definition) is 1. The Kier molecular flexibility index (Phi) is 5.57. The molecule has 0 bridgehead atoms. The van der Waals surface area contributed by atoms with Crippen LogP contribution in [-0.4, -0.2) is 7.05 Å². The number of hydrogen-bond acceptors (Lipinski definition) is 1. The molecular formula is C17H19ClFN. The lowest BCUT2D eigenvalue weighted by molar-refractivity contribution is 0.520. The van der Waals surface area contributed by atoms with E-state index in [4.69, 9.17) is 11.6 Å². The Balaban J connectivity index is 1.93. The van der Waals surface area contributed by atoms with Gasteiger partial charge in [0, 0.05) is 11.1 Å². The standard InChI is InChI=1S/C17H19ClFN/c1-20-17(13-6-3-2-4-7-13)9-5-8-14-12-15(18)10-11-16(14)19/h2-4,6-7,10-12,17,20H,5,8-9H2,1H3. The van der Waals surface area contributed by atoms with Crippen LogP contribution in [0.25, 0.3) is 0 Å². The summed E-state index contributed by atoms with van der Waals surface area (Å²) in [6, 6.07) is 15.4. The van der Waals surface area contributed by atoms with Gasteiger partial charge in [-0.1, -0.05) is 41.9 Å². The summed E-state index contributed by atoms with van der Waals surface area (Å²) in [6.07, 6.45) is 2.58. The van der Waals surface area contributed by atoms with Crippen molar-refractivity contribution >= 4 is 11.6 Å². The molecule has 0 aliphatic heterocycles. The van der Waals surface area contributed by atoms with Crippen LogP contribution in [0.5, 0.6) is 0 Å². The minimum atomic E-state index is -0.171. The van der Waals surface area contributed by atoms with Crippen molar-refractivity contribution in [3.63, 3.8) is 0 Å². The molecule has 0 heterocycles. The van der Waals surface area contributed by atoms with Gasteiger partial charge in [-0.15, -0.1) is 0 Å². The third-order valence-corrected chi connectivity index (χ3v) is 3.73. The van der Waals surface area contributed by atoms with E-state index in [1.807, 2.05) is 25.2 Å². The first-order chi connectivity index (χ1) is 9.70. The lowest BCUT2D eigenvalue weighted by Gasteiger charge is -2.16. The van der Waals surface area contributed by atoms with E-state index in [-0.39, 0.29) is 5.82 Å². The van der Waals surface area contributed by atoms with Crippen LogP contribution in [0, 0.1) is 5.82 Å². The summed E-state index contributed by atoms with van der Waals surface area (Å²) in [5.74, 6) is -0.171. The van der Waals surface area contributed by atoms with Gasteiger partial charge in [0.2, 0.25) is 0 Å². The molecule has 0 saturated carbocycles. The molecule has 0 saturated heterocycles. The second kappa shape index (κ2) is 7.41. The SMILES string of the molecule is CNC(CCCc1cc(Cl)ccc1F)c1ccccc1. The average molecular weight is 292 g/mol. The maximum Gasteiger partial charge on any atom is 0.126 e. The predicted octanol–water partition coefficient (Wildman–Crippen LogP) is 4.76. The molecule has 3 heteroatoms. The van der Waals surface area contributed by atoms with E-state index < -0.39 is 0 Å². The highest BCUT2D eigenvalue weighted by atomic mass is 35.5. The lowest BCUT2D eigenvalue weighted by atomic mass is 9.99. The van der Waals surface area contributed by atoms with Crippen molar-refractivity contribution in [3.8, 4) is 0 Å². The van der Waals surface area contributed by atoms with E-state index in [9.17, 15) is 4.39 Å². The minimum absolute atomic E-state index is 0.171. The number of nitrogens with one attached hydrogen (secondary N) is 1. The van der Waals surface area contributed by atoms with Crippen LogP contribution in [0.3, 0.4) is 0 Å². The lowest BCUT2D eigenvalue weighted by Crippen LogP contribution is -2.16. The van der Waals surface area contributed by atoms with Crippen LogP contribution in [0.1, 0.15) is 30.0 Å². The first kappa shape index (κ1) is 15.0. The molecule has 2 aromatic carbocycles. The Morgan fingerprint density at radius 3 is 2.60 bits per heavy atom. The number of aryl methyl sites for hydroxylation is 1. The van der Waals surface area contributed by atoms with Crippen LogP contribution >= 0.6 is 11.6 Å². The Bertz CT molecular complexity index is 542. The zero-order chi connectivity index (χ0) is 14.4. The number of benzene rings is 2. The molecule has 0 radical (unpaired) electrons. The highest BCUT2D eigenvalue weighted by Gasteiger charge is 2.09. The monoisotopic (exact) mass is 291 g/mol. The Labute approximate surface area is 124 Å². The highest BCUT2D eigenvalue weighted by Crippen LogP contribution is 2.21. The van der Waals surface area contributed by atoms with Gasteiger partial charge in [-0.2, -0.15) is 0 Å². The molecule has 0 aliphatic carbocycles. The van der Waals surface area contributed by atoms with Crippen molar-refractivity contribution in [1.29, 1.82) is 0 Å². The van der Waals surface area contributed by atoms with Crippen LogP contribution < -0.4 is 5.32 Å². The van der Waals surface area contributed by atoms with Crippen LogP contribution in [0.4, 0.5) is 4.39 Å². The van der Waals surface area contributed by atoms with Crippen molar-refractivity contribution in [2.75, 3.05) is 7.05 Å². The van der Waals surface area contributed by atoms with Crippen molar-refractivity contribution in [2.24, 2.45) is 0 Å². The van der Waals surface area contributed by atoms with E-state index in [1.165, 1.54) is 11.6 Å². The van der Waals surface area contributed by atoms with Crippen LogP contribution in [-0.2, 0) is 6.42 Å². The fourth-order valence-electron chi connectivity index (χ4n) is 2.39. The van der Waals surface area contributed by atoms with Crippen LogP contribution in [0.2, 0.25) is 5.02 Å². The normalized spacial score (nSPS) is 12.3. The molecule has 0 amide bonds. The molecule has 2 rings (SSSR count). The molecule has 1 unspecified atom stereocenters. The van der Waals surface area contributed by atoms with Gasteiger partial charge in [-0.25, -0.2) is 4.39 Å². The molecule has 1 atom stereocenters. The first-order valence-electron chi connectivity index (χ1n) is 6.87. The quantitative estimate of drug-likeness (QED) is 0.809. The molecule has 0 fully saturated rings. The summed E-state index contributed by atoms with van der Waals surface area (Å²) < 4.78 is 13.6. The molecule has 0 spiro atoms. The van der Waals surface area contributed by atoms with Crippen LogP contribution in [0.15, 0.2) is 48.5 Å². The van der Waals surface area contributed by atoms with Gasteiger partial charge in [0.1, 0.15) is 5.82 Å². The number of halogens is 2. The van der Waals surface area contributed by atoms with Gasteiger partial charge in [0.15, 0.2) is 0 Å². The van der Waals surface area contributed by atoms with E-state index in [1.54, 1.807) is 12.1 Å². The molecule has 106 valence electrons. The summed E-state index contributed by atoms with van der Waals surface area (Å²) in [4.78, 5) is 0. The van der Waals surface area contributed by atoms with Gasteiger partial charge >= 0.3 is 0 Å². The molecule has 20 heavy (non-hydrogen) atoms. The van der Waals surface area contributed by atoms with Gasteiger partial charge in [-0.3, -0.25) is 0 Å². The van der Waals surface area contributed by atoms with Crippen molar-refractivity contribution in [1.82, 2.24) is 5.32 Å². The van der Waals surface area contributed by atoms with E-state index in [0.29, 0.717) is 23.0 Å². The highest BCUT2D eigenvalue weighted by molar-refractivity contribution is 6.30. The van der Waals surface area contributed by atoms with Gasteiger partial charge in [0.05, 0.1) is 0 Å². The predicted molar refractivity (Wildman–Crippen MR) is 82.6 cm³/mol. The number of rotatable bonds is 6. The second-order valence-corrected chi connectivity index (χ2v) is 5.32. The summed E-state index contributed by atoms with van der Waals surface area (Å²) in [5, 5.41) is 3.90. The average Bonchev–Trinajstić information content (AvgIpc) is 2.48. The third kappa shape index (κ3) is 4.06. The summed E-state index contributed by atoms with van der Waals surface area (Å²) in [7, 11) is 1.96. The van der Waals surface area contributed by atoms with Gasteiger partial charge in [-0.05, 0) is 55.6 Å². The van der Waals surface area contributed by atoms with E-state index in [2.05, 4.69) is 17.4 Å². The second-order valence-electron chi connectivity index (χ2n) is 4.88. The molecule has 1 nitrogen and oxygen atoms in total. The minimum Gasteiger partial charge on any atom is -0.313 e. The zero-order valence-electron chi connectivity index (χ0n) is 11.6. The molecule has 2 aromatic rings. The van der Waals surface area contributed by atoms with Crippen molar-refractivity contribution < 1.29 is 4.39 Å². The molecule has 0 aromatic heterocycles. The summed E-state index contributed by atoms with van der Waals surface area (Å²) in [6.45, 7) is 0. The van der Waals surface area contributed by atoms with Gasteiger partial charge in [0.25, 0.3) is 0 Å². The fourth-order valence-corrected chi connectivity index (χ4v) is 2.59. The van der Waals surface area contributed by atoms with Gasteiger partial charge < -0.3 is 5.32 Å². The topological polar surface area (TPSA) is 12.0 Å². The first-order valence-corrected chi connectivity index (χ1v) is 7.24.